The van der Waals surface area contributed by atoms with Crippen molar-refractivity contribution < 1.29 is 4.79 Å². The molecule has 1 fully saturated rings. The Kier molecular flexibility index (Phi) is 2.82. The summed E-state index contributed by atoms with van der Waals surface area (Å²) in [5.74, 6) is 0.344. The standard InChI is InChI=1S/C8H17N3O/c1-4(9)7-5(2)10-11-8(7)6(3)12/h4-5,7-8,10-11H,9H2,1-3H3. The summed E-state index contributed by atoms with van der Waals surface area (Å²) in [6.45, 7) is 5.56. The van der Waals surface area contributed by atoms with E-state index in [2.05, 4.69) is 10.9 Å². The van der Waals surface area contributed by atoms with Crippen LogP contribution in [0.2, 0.25) is 0 Å². The summed E-state index contributed by atoms with van der Waals surface area (Å²) in [7, 11) is 0. The molecule has 4 N–H and O–H groups in total. The first-order valence-electron chi connectivity index (χ1n) is 4.31. The lowest BCUT2D eigenvalue weighted by atomic mass is 9.87. The number of ketones is 1. The largest absolute Gasteiger partial charge is 0.328 e. The van der Waals surface area contributed by atoms with E-state index in [0.29, 0.717) is 0 Å². The van der Waals surface area contributed by atoms with Gasteiger partial charge in [-0.15, -0.1) is 0 Å². The van der Waals surface area contributed by atoms with Crippen molar-refractivity contribution in [2.45, 2.75) is 38.9 Å². The van der Waals surface area contributed by atoms with Crippen LogP contribution in [0.1, 0.15) is 20.8 Å². The molecule has 70 valence electrons. The molecule has 4 nitrogen and oxygen atoms in total. The minimum atomic E-state index is -0.125. The molecule has 0 saturated carbocycles. The molecule has 1 saturated heterocycles. The van der Waals surface area contributed by atoms with E-state index in [0.717, 1.165) is 0 Å². The van der Waals surface area contributed by atoms with Gasteiger partial charge in [-0.05, 0) is 20.8 Å². The molecule has 12 heavy (non-hydrogen) atoms. The van der Waals surface area contributed by atoms with Crippen LogP contribution in [-0.4, -0.2) is 23.9 Å². The molecule has 0 aromatic carbocycles. The van der Waals surface area contributed by atoms with Crippen LogP contribution in [0.15, 0.2) is 0 Å². The van der Waals surface area contributed by atoms with Crippen LogP contribution >= 0.6 is 0 Å². The summed E-state index contributed by atoms with van der Waals surface area (Å²) in [4.78, 5) is 11.1. The number of hydrogen-bond acceptors (Lipinski definition) is 4. The highest BCUT2D eigenvalue weighted by Crippen LogP contribution is 2.18. The lowest BCUT2D eigenvalue weighted by Crippen LogP contribution is -2.43. The molecule has 0 aromatic rings. The molecular weight excluding hydrogens is 154 g/mol. The lowest BCUT2D eigenvalue weighted by molar-refractivity contribution is -0.119. The number of hydrogen-bond donors (Lipinski definition) is 3. The molecule has 1 heterocycles. The molecule has 1 aliphatic heterocycles. The normalized spacial score (nSPS) is 38.2. The van der Waals surface area contributed by atoms with Crippen molar-refractivity contribution in [1.29, 1.82) is 0 Å². The summed E-state index contributed by atoms with van der Waals surface area (Å²) < 4.78 is 0. The van der Waals surface area contributed by atoms with Crippen LogP contribution in [0.3, 0.4) is 0 Å². The van der Waals surface area contributed by atoms with Crippen molar-refractivity contribution in [3.63, 3.8) is 0 Å². The molecule has 1 rings (SSSR count). The van der Waals surface area contributed by atoms with Crippen molar-refractivity contribution in [3.8, 4) is 0 Å². The minimum Gasteiger partial charge on any atom is -0.328 e. The van der Waals surface area contributed by atoms with Gasteiger partial charge >= 0.3 is 0 Å². The summed E-state index contributed by atoms with van der Waals surface area (Å²) in [6.07, 6.45) is 0. The molecule has 0 aromatic heterocycles. The number of carbonyl (C=O) groups excluding carboxylic acids is 1. The molecule has 0 bridgehead atoms. The molecule has 0 spiro atoms. The Bertz CT molecular complexity index is 181. The van der Waals surface area contributed by atoms with E-state index in [1.165, 1.54) is 0 Å². The van der Waals surface area contributed by atoms with Gasteiger partial charge in [0.15, 0.2) is 0 Å². The SMILES string of the molecule is CC(=O)C1NNC(C)C1C(C)N. The Labute approximate surface area is 72.9 Å². The monoisotopic (exact) mass is 171 g/mol. The first-order chi connectivity index (χ1) is 5.54. The molecule has 4 unspecified atom stereocenters. The predicted molar refractivity (Wildman–Crippen MR) is 47.3 cm³/mol. The van der Waals surface area contributed by atoms with Gasteiger partial charge in [-0.1, -0.05) is 0 Å². The smallest absolute Gasteiger partial charge is 0.148 e. The van der Waals surface area contributed by atoms with Crippen molar-refractivity contribution in [2.24, 2.45) is 11.7 Å². The van der Waals surface area contributed by atoms with E-state index in [1.54, 1.807) is 6.92 Å². The third-order valence-corrected chi connectivity index (χ3v) is 2.47. The Balaban J connectivity index is 2.70. The zero-order chi connectivity index (χ0) is 9.30. The van der Waals surface area contributed by atoms with E-state index in [4.69, 9.17) is 5.73 Å². The number of nitrogens with two attached hydrogens (primary N) is 1. The van der Waals surface area contributed by atoms with Gasteiger partial charge in [0.1, 0.15) is 5.78 Å². The van der Waals surface area contributed by atoms with Crippen molar-refractivity contribution >= 4 is 5.78 Å². The number of hydrazine groups is 1. The number of rotatable bonds is 2. The Morgan fingerprint density at radius 3 is 2.42 bits per heavy atom. The second-order valence-electron chi connectivity index (χ2n) is 3.60. The predicted octanol–water partition coefficient (Wildman–Crippen LogP) is -0.596. The fourth-order valence-electron chi connectivity index (χ4n) is 1.83. The first-order valence-corrected chi connectivity index (χ1v) is 4.31. The van der Waals surface area contributed by atoms with Gasteiger partial charge in [0.05, 0.1) is 6.04 Å². The maximum atomic E-state index is 11.1. The molecular formula is C8H17N3O. The maximum Gasteiger partial charge on any atom is 0.148 e. The lowest BCUT2D eigenvalue weighted by Gasteiger charge is -2.22. The third kappa shape index (κ3) is 1.65. The highest BCUT2D eigenvalue weighted by Gasteiger charge is 2.37. The van der Waals surface area contributed by atoms with Crippen LogP contribution in [-0.2, 0) is 4.79 Å². The van der Waals surface area contributed by atoms with E-state index in [9.17, 15) is 4.79 Å². The van der Waals surface area contributed by atoms with E-state index < -0.39 is 0 Å². The van der Waals surface area contributed by atoms with Crippen LogP contribution in [0.5, 0.6) is 0 Å². The van der Waals surface area contributed by atoms with Crippen LogP contribution < -0.4 is 16.6 Å². The van der Waals surface area contributed by atoms with Gasteiger partial charge in [0, 0.05) is 18.0 Å². The van der Waals surface area contributed by atoms with E-state index in [1.807, 2.05) is 13.8 Å². The van der Waals surface area contributed by atoms with Gasteiger partial charge in [-0.25, -0.2) is 5.43 Å². The summed E-state index contributed by atoms with van der Waals surface area (Å²) in [6, 6.07) is 0.176. The summed E-state index contributed by atoms with van der Waals surface area (Å²) in [5, 5.41) is 0. The fraction of sp³-hybridized carbons (Fsp3) is 0.875. The maximum absolute atomic E-state index is 11.1. The molecule has 4 heteroatoms. The number of Topliss-reactive ketones (excluding diaryl/α,β-unsaturated/α-hetero) is 1. The Hall–Kier alpha value is -0.450. The highest BCUT2D eigenvalue weighted by molar-refractivity contribution is 5.82. The van der Waals surface area contributed by atoms with Gasteiger partial charge in [-0.2, -0.15) is 0 Å². The van der Waals surface area contributed by atoms with Crippen LogP contribution in [0.4, 0.5) is 0 Å². The van der Waals surface area contributed by atoms with Crippen LogP contribution in [0, 0.1) is 5.92 Å². The second-order valence-corrected chi connectivity index (χ2v) is 3.60. The van der Waals surface area contributed by atoms with Gasteiger partial charge < -0.3 is 5.73 Å². The van der Waals surface area contributed by atoms with Crippen molar-refractivity contribution in [2.75, 3.05) is 0 Å². The Morgan fingerprint density at radius 2 is 2.08 bits per heavy atom. The van der Waals surface area contributed by atoms with Gasteiger partial charge in [0.25, 0.3) is 0 Å². The second kappa shape index (κ2) is 3.51. The van der Waals surface area contributed by atoms with Crippen LogP contribution in [0.25, 0.3) is 0 Å². The van der Waals surface area contributed by atoms with Crippen molar-refractivity contribution in [3.05, 3.63) is 0 Å². The number of carbonyl (C=O) groups is 1. The fourth-order valence-corrected chi connectivity index (χ4v) is 1.83. The molecule has 4 atom stereocenters. The topological polar surface area (TPSA) is 67.2 Å². The minimum absolute atomic E-state index is 0.0383. The Morgan fingerprint density at radius 1 is 1.50 bits per heavy atom. The third-order valence-electron chi connectivity index (χ3n) is 2.47. The quantitative estimate of drug-likeness (QED) is 0.519. The van der Waals surface area contributed by atoms with E-state index >= 15 is 0 Å². The zero-order valence-corrected chi connectivity index (χ0v) is 7.79. The molecule has 0 aliphatic carbocycles. The average Bonchev–Trinajstić information content (AvgIpc) is 2.30. The van der Waals surface area contributed by atoms with Gasteiger partial charge in [0.2, 0.25) is 0 Å². The number of nitrogens with one attached hydrogen (secondary N) is 2. The average molecular weight is 171 g/mol. The summed E-state index contributed by atoms with van der Waals surface area (Å²) in [5.41, 5.74) is 11.8. The van der Waals surface area contributed by atoms with E-state index in [-0.39, 0.29) is 29.8 Å². The van der Waals surface area contributed by atoms with Crippen molar-refractivity contribution in [1.82, 2.24) is 10.9 Å². The molecule has 1 aliphatic rings. The summed E-state index contributed by atoms with van der Waals surface area (Å²) >= 11 is 0. The molecule has 0 amide bonds. The van der Waals surface area contributed by atoms with Gasteiger partial charge in [-0.3, -0.25) is 10.2 Å². The first kappa shape index (κ1) is 9.64. The molecule has 0 radical (unpaired) electrons. The highest BCUT2D eigenvalue weighted by atomic mass is 16.1. The zero-order valence-electron chi connectivity index (χ0n) is 7.79.